The molecule has 0 aliphatic heterocycles. The monoisotopic (exact) mass is 420 g/mol. The van der Waals surface area contributed by atoms with Crippen LogP contribution < -0.4 is 5.32 Å². The van der Waals surface area contributed by atoms with Crippen LogP contribution in [0.1, 0.15) is 28.4 Å². The van der Waals surface area contributed by atoms with Crippen molar-refractivity contribution in [1.82, 2.24) is 5.32 Å². The van der Waals surface area contributed by atoms with Gasteiger partial charge in [0.2, 0.25) is 0 Å². The Morgan fingerprint density at radius 1 is 1.19 bits per heavy atom. The van der Waals surface area contributed by atoms with Gasteiger partial charge in [-0.15, -0.1) is 0 Å². The van der Waals surface area contributed by atoms with Gasteiger partial charge < -0.3 is 10.1 Å². The van der Waals surface area contributed by atoms with E-state index in [-0.39, 0.29) is 31.2 Å². The molecule has 136 valence electrons. The normalized spacial score (nSPS) is 10.4. The number of nitrogens with zero attached hydrogens (tertiary/aromatic N) is 1. The molecule has 0 aliphatic rings. The van der Waals surface area contributed by atoms with Gasteiger partial charge in [0.15, 0.2) is 5.78 Å². The molecule has 0 saturated carbocycles. The second kappa shape index (κ2) is 9.21. The molecule has 2 rings (SSSR count). The molecule has 0 radical (unpaired) electrons. The van der Waals surface area contributed by atoms with Crippen LogP contribution in [0.25, 0.3) is 0 Å². The summed E-state index contributed by atoms with van der Waals surface area (Å²) in [5, 5.41) is 14.0. The molecule has 1 N–H and O–H groups in total. The lowest BCUT2D eigenvalue weighted by Gasteiger charge is -2.08. The molecule has 0 fully saturated rings. The molecule has 8 heteroatoms. The van der Waals surface area contributed by atoms with Crippen molar-refractivity contribution in [2.24, 2.45) is 0 Å². The highest BCUT2D eigenvalue weighted by Crippen LogP contribution is 2.22. The number of halogens is 1. The van der Waals surface area contributed by atoms with Crippen LogP contribution in [0.3, 0.4) is 0 Å². The molecule has 2 aromatic carbocycles. The Labute approximate surface area is 158 Å². The number of benzene rings is 2. The van der Waals surface area contributed by atoms with E-state index in [2.05, 4.69) is 21.2 Å². The molecule has 2 aromatic rings. The third kappa shape index (κ3) is 5.21. The lowest BCUT2D eigenvalue weighted by atomic mass is 10.0. The molecule has 0 unspecified atom stereocenters. The van der Waals surface area contributed by atoms with Crippen molar-refractivity contribution in [2.45, 2.75) is 13.5 Å². The van der Waals surface area contributed by atoms with Crippen molar-refractivity contribution in [3.05, 3.63) is 73.7 Å². The first kappa shape index (κ1) is 19.7. The van der Waals surface area contributed by atoms with E-state index in [1.165, 1.54) is 18.2 Å². The van der Waals surface area contributed by atoms with E-state index in [1.807, 2.05) is 0 Å². The summed E-state index contributed by atoms with van der Waals surface area (Å²) in [4.78, 5) is 34.7. The number of carbonyl (C=O) groups is 2. The first-order valence-corrected chi connectivity index (χ1v) is 8.65. The second-order valence-corrected chi connectivity index (χ2v) is 6.26. The third-order valence-electron chi connectivity index (χ3n) is 3.52. The van der Waals surface area contributed by atoms with E-state index in [0.29, 0.717) is 16.7 Å². The number of carbonyl (C=O) groups excluding carboxylic acids is 2. The SMILES string of the molecule is CCOC(=O)CNCc1cc(C(=O)c2cccc(Br)c2)ccc1[N+](=O)[O-]. The Bertz CT molecular complexity index is 838. The summed E-state index contributed by atoms with van der Waals surface area (Å²) in [6, 6.07) is 11.1. The maximum absolute atomic E-state index is 12.6. The Morgan fingerprint density at radius 3 is 2.58 bits per heavy atom. The second-order valence-electron chi connectivity index (χ2n) is 5.35. The van der Waals surface area contributed by atoms with Gasteiger partial charge in [0, 0.05) is 33.8 Å². The van der Waals surface area contributed by atoms with E-state index < -0.39 is 10.9 Å². The van der Waals surface area contributed by atoms with Crippen molar-refractivity contribution in [3.8, 4) is 0 Å². The number of ether oxygens (including phenoxy) is 1. The number of rotatable bonds is 8. The topological polar surface area (TPSA) is 98.5 Å². The smallest absolute Gasteiger partial charge is 0.319 e. The van der Waals surface area contributed by atoms with Crippen LogP contribution in [0.2, 0.25) is 0 Å². The maximum Gasteiger partial charge on any atom is 0.319 e. The van der Waals surface area contributed by atoms with Crippen molar-refractivity contribution in [1.29, 1.82) is 0 Å². The lowest BCUT2D eigenvalue weighted by Crippen LogP contribution is -2.24. The minimum absolute atomic E-state index is 0.0642. The number of nitrogens with one attached hydrogen (secondary N) is 1. The summed E-state index contributed by atoms with van der Waals surface area (Å²) in [6.45, 7) is 1.95. The lowest BCUT2D eigenvalue weighted by molar-refractivity contribution is -0.385. The van der Waals surface area contributed by atoms with Crippen LogP contribution in [0.15, 0.2) is 46.9 Å². The highest BCUT2D eigenvalue weighted by molar-refractivity contribution is 9.10. The first-order chi connectivity index (χ1) is 12.4. The Hall–Kier alpha value is -2.58. The molecule has 26 heavy (non-hydrogen) atoms. The van der Waals surface area contributed by atoms with Crippen molar-refractivity contribution >= 4 is 33.4 Å². The summed E-state index contributed by atoms with van der Waals surface area (Å²) in [5.41, 5.74) is 1.01. The number of ketones is 1. The van der Waals surface area contributed by atoms with Gasteiger partial charge in [0.1, 0.15) is 0 Å². The highest BCUT2D eigenvalue weighted by atomic mass is 79.9. The Morgan fingerprint density at radius 2 is 1.92 bits per heavy atom. The molecule has 0 heterocycles. The summed E-state index contributed by atoms with van der Waals surface area (Å²) >= 11 is 3.31. The average molecular weight is 421 g/mol. The molecular formula is C18H17BrN2O5. The molecule has 0 amide bonds. The minimum atomic E-state index is -0.519. The average Bonchev–Trinajstić information content (AvgIpc) is 2.61. The quantitative estimate of drug-likeness (QED) is 0.304. The first-order valence-electron chi connectivity index (χ1n) is 7.86. The van der Waals surface area contributed by atoms with E-state index in [0.717, 1.165) is 4.47 Å². The van der Waals surface area contributed by atoms with Crippen LogP contribution in [0, 0.1) is 10.1 Å². The number of hydrogen-bond acceptors (Lipinski definition) is 6. The van der Waals surface area contributed by atoms with Crippen LogP contribution in [-0.4, -0.2) is 29.8 Å². The molecule has 0 atom stereocenters. The molecule has 0 aliphatic carbocycles. The number of hydrogen-bond donors (Lipinski definition) is 1. The predicted molar refractivity (Wildman–Crippen MR) is 99.0 cm³/mol. The van der Waals surface area contributed by atoms with E-state index in [4.69, 9.17) is 4.74 Å². The van der Waals surface area contributed by atoms with Gasteiger partial charge in [-0.3, -0.25) is 19.7 Å². The van der Waals surface area contributed by atoms with Gasteiger partial charge in [-0.05, 0) is 31.2 Å². The largest absolute Gasteiger partial charge is 0.465 e. The fourth-order valence-electron chi connectivity index (χ4n) is 2.35. The number of nitro benzene ring substituents is 1. The zero-order valence-electron chi connectivity index (χ0n) is 14.0. The van der Waals surface area contributed by atoms with E-state index in [1.54, 1.807) is 31.2 Å². The molecule has 0 aromatic heterocycles. The van der Waals surface area contributed by atoms with Gasteiger partial charge in [-0.2, -0.15) is 0 Å². The summed E-state index contributed by atoms with van der Waals surface area (Å²) in [6.07, 6.45) is 0. The van der Waals surface area contributed by atoms with Gasteiger partial charge in [0.25, 0.3) is 5.69 Å². The summed E-state index contributed by atoms with van der Waals surface area (Å²) in [7, 11) is 0. The van der Waals surface area contributed by atoms with Gasteiger partial charge >= 0.3 is 5.97 Å². The molecule has 7 nitrogen and oxygen atoms in total. The fraction of sp³-hybridized carbons (Fsp3) is 0.222. The fourth-order valence-corrected chi connectivity index (χ4v) is 2.75. The molecule has 0 spiro atoms. The molecule has 0 bridgehead atoms. The van der Waals surface area contributed by atoms with Crippen LogP contribution in [-0.2, 0) is 16.1 Å². The Kier molecular flexibility index (Phi) is 6.99. The van der Waals surface area contributed by atoms with Crippen molar-refractivity contribution in [2.75, 3.05) is 13.2 Å². The molecular weight excluding hydrogens is 404 g/mol. The van der Waals surface area contributed by atoms with Crippen LogP contribution >= 0.6 is 15.9 Å². The summed E-state index contributed by atoms with van der Waals surface area (Å²) < 4.78 is 5.56. The van der Waals surface area contributed by atoms with Crippen molar-refractivity contribution < 1.29 is 19.2 Å². The third-order valence-corrected chi connectivity index (χ3v) is 4.01. The van der Waals surface area contributed by atoms with E-state index in [9.17, 15) is 19.7 Å². The minimum Gasteiger partial charge on any atom is -0.465 e. The van der Waals surface area contributed by atoms with Crippen LogP contribution in [0.4, 0.5) is 5.69 Å². The standard InChI is InChI=1S/C18H17BrN2O5/c1-2-26-17(22)11-20-10-14-8-13(6-7-16(14)21(24)25)18(23)12-4-3-5-15(19)9-12/h3-9,20H,2,10-11H2,1H3. The van der Waals surface area contributed by atoms with Crippen molar-refractivity contribution in [3.63, 3.8) is 0 Å². The summed E-state index contributed by atoms with van der Waals surface area (Å²) in [5.74, 6) is -0.690. The Balaban J connectivity index is 2.23. The predicted octanol–water partition coefficient (Wildman–Crippen LogP) is 3.24. The van der Waals surface area contributed by atoms with Gasteiger partial charge in [-0.25, -0.2) is 0 Å². The number of nitro groups is 1. The maximum atomic E-state index is 12.6. The highest BCUT2D eigenvalue weighted by Gasteiger charge is 2.18. The van der Waals surface area contributed by atoms with E-state index >= 15 is 0 Å². The van der Waals surface area contributed by atoms with Crippen LogP contribution in [0.5, 0.6) is 0 Å². The zero-order valence-corrected chi connectivity index (χ0v) is 15.6. The zero-order chi connectivity index (χ0) is 19.1. The van der Waals surface area contributed by atoms with Gasteiger partial charge in [-0.1, -0.05) is 28.1 Å². The molecule has 0 saturated heterocycles. The number of esters is 1. The van der Waals surface area contributed by atoms with Gasteiger partial charge in [0.05, 0.1) is 18.1 Å².